The number of aliphatic imine (C=N–C) groups is 2. The van der Waals surface area contributed by atoms with Crippen molar-refractivity contribution in [1.82, 2.24) is 0 Å². The summed E-state index contributed by atoms with van der Waals surface area (Å²) in [5.74, 6) is -3.04. The van der Waals surface area contributed by atoms with Gasteiger partial charge < -0.3 is 50.2 Å². The van der Waals surface area contributed by atoms with Gasteiger partial charge in [-0.05, 0) is 124 Å². The second kappa shape index (κ2) is 23.5. The number of aromatic hydroxyl groups is 4. The molecule has 0 spiro atoms. The zero-order valence-corrected chi connectivity index (χ0v) is 53.2. The number of carbonyl (C=O) groups excluding carboxylic acids is 4. The minimum Gasteiger partial charge on any atom is -0.507 e. The average molecular weight is 1200 g/mol. The Morgan fingerprint density at radius 1 is 0.420 bits per heavy atom. The molecule has 4 aliphatic heterocycles. The Labute approximate surface area is 518 Å². The van der Waals surface area contributed by atoms with Crippen LogP contribution in [0.5, 0.6) is 46.0 Å². The summed E-state index contributed by atoms with van der Waals surface area (Å²) in [4.78, 5) is 71.1. The van der Waals surface area contributed by atoms with Crippen LogP contribution >= 0.6 is 0 Å². The van der Waals surface area contributed by atoms with Crippen LogP contribution in [0.15, 0.2) is 58.5 Å². The lowest BCUT2D eigenvalue weighted by Gasteiger charge is -2.83. The number of hydrogen-bond acceptors (Lipinski definition) is 16. The van der Waals surface area contributed by atoms with Crippen LogP contribution in [0.25, 0.3) is 0 Å². The van der Waals surface area contributed by atoms with Crippen LogP contribution in [0.4, 0.5) is 0 Å². The summed E-state index contributed by atoms with van der Waals surface area (Å²) in [5.41, 5.74) is -11.6. The third kappa shape index (κ3) is 9.83. The lowest BCUT2D eigenvalue weighted by molar-refractivity contribution is -0.302. The summed E-state index contributed by atoms with van der Waals surface area (Å²) >= 11 is 0. The summed E-state index contributed by atoms with van der Waals surface area (Å²) in [7, 11) is 0. The third-order valence-corrected chi connectivity index (χ3v) is 22.9. The van der Waals surface area contributed by atoms with Crippen LogP contribution in [0.3, 0.4) is 0 Å². The van der Waals surface area contributed by atoms with Gasteiger partial charge >= 0.3 is 23.9 Å². The number of nitrogens with one attached hydrogen (secondary N) is 2. The largest absolute Gasteiger partial charge is 0.507 e. The van der Waals surface area contributed by atoms with E-state index in [1.165, 1.54) is 12.1 Å². The Hall–Kier alpha value is -7.36. The van der Waals surface area contributed by atoms with Gasteiger partial charge in [0.15, 0.2) is 0 Å². The number of esters is 4. The van der Waals surface area contributed by atoms with Crippen molar-refractivity contribution < 1.29 is 58.6 Å². The fourth-order valence-corrected chi connectivity index (χ4v) is 19.9. The molecule has 16 heteroatoms. The van der Waals surface area contributed by atoms with Gasteiger partial charge in [-0.25, -0.2) is 0 Å². The number of carbonyl (C=O) groups is 4. The standard InChI is InChI=1S/C72H90N4O12/c1-11-69-27-23-57(77)85-49-31-43(39-73)61(81)53(35-49)65(3,4)71(69,67(7,8)55-37-51(87-59(79)25-29-69)33-45(63(55)83)41-75-47-19-15-13-16-20-47)72-66(5,6)54-36-50(32-44(40-74)62(54)82)86-58(78)24-28-70(72,12-2)30-26-60(80)88-52-34-46(42-76-48-21-17-14-18-22-48)64(84)56(38-52)68(72,9)10/h31-42,47-48,73-74,81-84H,11-30H2,1-10H3/b73-39?,74-40?,75-41+,76-42+. The van der Waals surface area contributed by atoms with Crippen LogP contribution < -0.4 is 18.9 Å². The van der Waals surface area contributed by atoms with Crippen LogP contribution in [0, 0.1) is 32.5 Å². The van der Waals surface area contributed by atoms with E-state index in [9.17, 15) is 20.4 Å². The van der Waals surface area contributed by atoms with Gasteiger partial charge in [-0.1, -0.05) is 108 Å². The monoisotopic (exact) mass is 1200 g/mol. The normalized spacial score (nSPS) is 27.3. The average Bonchev–Trinajstić information content (AvgIpc) is 0.628. The minimum atomic E-state index is -1.87. The van der Waals surface area contributed by atoms with Crippen molar-refractivity contribution in [2.24, 2.45) is 31.6 Å². The van der Waals surface area contributed by atoms with Gasteiger partial charge in [-0.15, -0.1) is 0 Å². The maximum absolute atomic E-state index is 15.3. The van der Waals surface area contributed by atoms with Gasteiger partial charge in [0.25, 0.3) is 0 Å². The number of hydrogen-bond donors (Lipinski definition) is 6. The van der Waals surface area contributed by atoms with E-state index in [0.717, 1.165) is 76.6 Å². The Morgan fingerprint density at radius 3 is 0.920 bits per heavy atom. The molecule has 4 aromatic carbocycles. The first-order valence-corrected chi connectivity index (χ1v) is 32.1. The summed E-state index contributed by atoms with van der Waals surface area (Å²) in [5, 5.41) is 72.6. The lowest BCUT2D eigenvalue weighted by Crippen LogP contribution is -2.82. The van der Waals surface area contributed by atoms with Gasteiger partial charge in [-0.3, -0.25) is 29.2 Å². The first kappa shape index (κ1) is 63.7. The van der Waals surface area contributed by atoms with E-state index in [0.29, 0.717) is 11.1 Å². The first-order chi connectivity index (χ1) is 41.7. The van der Waals surface area contributed by atoms with E-state index < -0.39 is 67.2 Å². The van der Waals surface area contributed by atoms with E-state index in [2.05, 4.69) is 27.7 Å². The molecule has 4 atom stereocenters. The number of phenolic OH excluding ortho intramolecular Hbond substituents is 4. The molecule has 2 aliphatic carbocycles. The Balaban J connectivity index is 1.57. The Kier molecular flexibility index (Phi) is 17.0. The van der Waals surface area contributed by atoms with E-state index in [4.69, 9.17) is 39.8 Å². The molecule has 0 aromatic heterocycles. The zero-order chi connectivity index (χ0) is 63.6. The molecule has 4 heterocycles. The van der Waals surface area contributed by atoms with E-state index in [-0.39, 0.29) is 156 Å². The van der Waals surface area contributed by atoms with Crippen molar-refractivity contribution in [3.63, 3.8) is 0 Å². The number of ether oxygens (including phenoxy) is 4. The van der Waals surface area contributed by atoms with Crippen molar-refractivity contribution in [2.45, 2.75) is 231 Å². The number of rotatable bonds is 9. The van der Waals surface area contributed by atoms with Crippen molar-refractivity contribution >= 4 is 48.7 Å². The second-order valence-corrected chi connectivity index (χ2v) is 28.2. The number of phenols is 4. The van der Waals surface area contributed by atoms with Crippen molar-refractivity contribution in [3.05, 3.63) is 93.0 Å². The lowest BCUT2D eigenvalue weighted by atomic mass is 9.19. The molecule has 6 aliphatic rings. The molecule has 8 bridgehead atoms. The molecule has 88 heavy (non-hydrogen) atoms. The first-order valence-electron chi connectivity index (χ1n) is 32.1. The van der Waals surface area contributed by atoms with Crippen molar-refractivity contribution in [3.8, 4) is 46.0 Å². The SMILES string of the molecule is CCC12CCC(=O)Oc3cc(C=N)c(O)c(c3)C(C)(C)C1(C13C(CC)(CCC(=O)Oc4cc(C=N)c(O)c(c4)C1(C)C)CCC(=O)Oc1cc(/C=N/C4CCCCC4)c(O)c(c1)C3(C)C)C(C)(C)c1cc(cc(/C=N/C3CCCCC3)c1O)OC(=O)CC2. The molecule has 0 saturated heterocycles. The fourth-order valence-electron chi connectivity index (χ4n) is 19.9. The Bertz CT molecular complexity index is 3290. The topological polar surface area (TPSA) is 259 Å². The fraction of sp³-hybridized carbons (Fsp3) is 0.556. The summed E-state index contributed by atoms with van der Waals surface area (Å²) in [6, 6.07) is 12.8. The van der Waals surface area contributed by atoms with E-state index in [1.54, 1.807) is 48.8 Å². The predicted molar refractivity (Wildman–Crippen MR) is 339 cm³/mol. The van der Waals surface area contributed by atoms with Crippen LogP contribution in [0.1, 0.15) is 242 Å². The maximum Gasteiger partial charge on any atom is 0.311 e. The van der Waals surface area contributed by atoms with Crippen LogP contribution in [-0.2, 0) is 40.8 Å². The maximum atomic E-state index is 15.3. The molecule has 2 fully saturated rings. The highest BCUT2D eigenvalue weighted by molar-refractivity contribution is 5.89. The van der Waals surface area contributed by atoms with Crippen molar-refractivity contribution in [2.75, 3.05) is 0 Å². The number of benzene rings is 4. The molecule has 10 rings (SSSR count). The molecule has 0 amide bonds. The van der Waals surface area contributed by atoms with E-state index in [1.807, 2.05) is 41.5 Å². The highest BCUT2D eigenvalue weighted by atomic mass is 16.5. The Morgan fingerprint density at radius 2 is 0.670 bits per heavy atom. The van der Waals surface area contributed by atoms with Gasteiger partial charge in [0.2, 0.25) is 0 Å². The summed E-state index contributed by atoms with van der Waals surface area (Å²) in [6.45, 7) is 20.4. The van der Waals surface area contributed by atoms with Crippen LogP contribution in [0.2, 0.25) is 0 Å². The molecule has 6 N–H and O–H groups in total. The summed E-state index contributed by atoms with van der Waals surface area (Å²) < 4.78 is 25.4. The molecule has 4 aromatic rings. The van der Waals surface area contributed by atoms with Gasteiger partial charge in [-0.2, -0.15) is 0 Å². The van der Waals surface area contributed by atoms with Gasteiger partial charge in [0.05, 0.1) is 0 Å². The number of fused-ring (bicyclic) bond motifs is 11. The van der Waals surface area contributed by atoms with E-state index >= 15 is 19.2 Å². The van der Waals surface area contributed by atoms with Crippen molar-refractivity contribution in [1.29, 1.82) is 10.8 Å². The molecule has 4 unspecified atom stereocenters. The minimum absolute atomic E-state index is 0.0116. The number of nitrogens with zero attached hydrogens (tertiary/aromatic N) is 2. The van der Waals surface area contributed by atoms with Gasteiger partial charge in [0, 0.05) is 140 Å². The highest BCUT2D eigenvalue weighted by Crippen LogP contribution is 2.87. The molecule has 2 saturated carbocycles. The van der Waals surface area contributed by atoms with Gasteiger partial charge in [0.1, 0.15) is 46.0 Å². The molecular weight excluding hydrogens is 1110 g/mol. The second-order valence-electron chi connectivity index (χ2n) is 28.2. The summed E-state index contributed by atoms with van der Waals surface area (Å²) in [6.07, 6.45) is 14.3. The smallest absolute Gasteiger partial charge is 0.311 e. The quantitative estimate of drug-likeness (QED) is 0.0519. The molecule has 16 nitrogen and oxygen atoms in total. The highest BCUT2D eigenvalue weighted by Gasteiger charge is 2.85. The third-order valence-electron chi connectivity index (χ3n) is 22.9. The molecular formula is C72H90N4O12. The molecule has 470 valence electrons. The van der Waals surface area contributed by atoms with Crippen LogP contribution in [-0.4, -0.2) is 81.2 Å². The molecule has 0 radical (unpaired) electrons. The zero-order valence-electron chi connectivity index (χ0n) is 53.2. The predicted octanol–water partition coefficient (Wildman–Crippen LogP) is 14.8.